The maximum atomic E-state index is 13.2. The van der Waals surface area contributed by atoms with Crippen LogP contribution in [0, 0.1) is 5.92 Å². The number of hydrogen-bond donors (Lipinski definition) is 2. The monoisotopic (exact) mass is 365 g/mol. The minimum Gasteiger partial charge on any atom is -0.369 e. The average Bonchev–Trinajstić information content (AvgIpc) is 2.62. The van der Waals surface area contributed by atoms with Crippen molar-refractivity contribution in [3.05, 3.63) is 36.3 Å². The van der Waals surface area contributed by atoms with Crippen molar-refractivity contribution in [3.8, 4) is 11.4 Å². The van der Waals surface area contributed by atoms with Gasteiger partial charge in [-0.2, -0.15) is 13.2 Å². The number of alkyl halides is 3. The third kappa shape index (κ3) is 4.09. The van der Waals surface area contributed by atoms with Gasteiger partial charge in [0.25, 0.3) is 0 Å². The van der Waals surface area contributed by atoms with Crippen LogP contribution in [0.15, 0.2) is 30.6 Å². The number of halogens is 3. The highest BCUT2D eigenvalue weighted by atomic mass is 19.4. The molecule has 26 heavy (non-hydrogen) atoms. The smallest absolute Gasteiger partial charge is 0.369 e. The number of amides is 1. The molecule has 1 amide bonds. The van der Waals surface area contributed by atoms with Gasteiger partial charge in [0.2, 0.25) is 5.91 Å². The third-order valence-electron chi connectivity index (χ3n) is 4.40. The van der Waals surface area contributed by atoms with Crippen LogP contribution in [0.1, 0.15) is 31.4 Å². The summed E-state index contributed by atoms with van der Waals surface area (Å²) in [5, 5.41) is 2.96. The summed E-state index contributed by atoms with van der Waals surface area (Å²) in [5.41, 5.74) is 4.75. The molecule has 1 aliphatic rings. The number of carbonyl (C=O) groups is 1. The zero-order chi connectivity index (χ0) is 18.7. The maximum Gasteiger partial charge on any atom is 0.433 e. The zero-order valence-electron chi connectivity index (χ0n) is 13.8. The Kier molecular flexibility index (Phi) is 5.06. The van der Waals surface area contributed by atoms with Crippen LogP contribution in [-0.4, -0.2) is 26.9 Å². The first-order chi connectivity index (χ1) is 12.3. The van der Waals surface area contributed by atoms with Crippen LogP contribution >= 0.6 is 0 Å². The molecule has 0 radical (unpaired) electrons. The van der Waals surface area contributed by atoms with Gasteiger partial charge >= 0.3 is 6.18 Å². The van der Waals surface area contributed by atoms with Gasteiger partial charge < -0.3 is 11.1 Å². The van der Waals surface area contributed by atoms with Crippen molar-refractivity contribution in [3.63, 3.8) is 0 Å². The molecular formula is C17H18F3N5O. The minimum atomic E-state index is -4.62. The summed E-state index contributed by atoms with van der Waals surface area (Å²) in [6.07, 6.45) is 1.27. The Labute approximate surface area is 148 Å². The van der Waals surface area contributed by atoms with E-state index >= 15 is 0 Å². The molecule has 9 heteroatoms. The van der Waals surface area contributed by atoms with Crippen LogP contribution in [0.3, 0.4) is 0 Å². The number of pyridine rings is 1. The lowest BCUT2D eigenvalue weighted by Gasteiger charge is -2.30. The number of nitrogens with two attached hydrogens (primary N) is 1. The van der Waals surface area contributed by atoms with E-state index in [0.717, 1.165) is 18.9 Å². The number of nitrogens with zero attached hydrogens (tertiary/aromatic N) is 3. The first kappa shape index (κ1) is 18.1. The second-order valence-corrected chi connectivity index (χ2v) is 6.25. The Morgan fingerprint density at radius 1 is 1.23 bits per heavy atom. The summed E-state index contributed by atoms with van der Waals surface area (Å²) < 4.78 is 39.7. The SMILES string of the molecule is NC(=O)C1CCCCC1Nc1cc(C(F)(F)F)nc(-c2cccnc2)n1. The van der Waals surface area contributed by atoms with E-state index in [1.54, 1.807) is 12.1 Å². The molecule has 2 aromatic heterocycles. The standard InChI is InChI=1S/C17H18F3N5O/c18-17(19,20)13-8-14(23-12-6-2-1-5-11(12)15(21)26)25-16(24-13)10-4-3-7-22-9-10/h3-4,7-9,11-12H,1-2,5-6H2,(H2,21,26)(H,23,24,25). The highest BCUT2D eigenvalue weighted by molar-refractivity contribution is 5.78. The molecule has 0 aliphatic heterocycles. The van der Waals surface area contributed by atoms with Crippen molar-refractivity contribution in [1.82, 2.24) is 15.0 Å². The maximum absolute atomic E-state index is 13.2. The fourth-order valence-corrected chi connectivity index (χ4v) is 3.12. The van der Waals surface area contributed by atoms with Gasteiger partial charge in [0.15, 0.2) is 11.5 Å². The summed E-state index contributed by atoms with van der Waals surface area (Å²) in [4.78, 5) is 23.3. The Bertz CT molecular complexity index is 782. The lowest BCUT2D eigenvalue weighted by atomic mass is 9.84. The van der Waals surface area contributed by atoms with Gasteiger partial charge in [-0.25, -0.2) is 9.97 Å². The van der Waals surface area contributed by atoms with E-state index in [9.17, 15) is 18.0 Å². The summed E-state index contributed by atoms with van der Waals surface area (Å²) in [6.45, 7) is 0. The van der Waals surface area contributed by atoms with Crippen molar-refractivity contribution in [2.75, 3.05) is 5.32 Å². The number of primary amides is 1. The molecule has 0 spiro atoms. The van der Waals surface area contributed by atoms with Crippen LogP contribution in [0.5, 0.6) is 0 Å². The van der Waals surface area contributed by atoms with Crippen molar-refractivity contribution >= 4 is 11.7 Å². The first-order valence-electron chi connectivity index (χ1n) is 8.27. The second-order valence-electron chi connectivity index (χ2n) is 6.25. The first-order valence-corrected chi connectivity index (χ1v) is 8.27. The molecule has 1 saturated carbocycles. The summed E-state index contributed by atoms with van der Waals surface area (Å²) in [7, 11) is 0. The minimum absolute atomic E-state index is 0.0179. The lowest BCUT2D eigenvalue weighted by Crippen LogP contribution is -2.40. The number of aromatic nitrogens is 3. The number of anilines is 1. The third-order valence-corrected chi connectivity index (χ3v) is 4.40. The normalized spacial score (nSPS) is 20.6. The number of rotatable bonds is 4. The molecule has 6 nitrogen and oxygen atoms in total. The summed E-state index contributed by atoms with van der Waals surface area (Å²) in [6, 6.07) is 3.68. The van der Waals surface area contributed by atoms with Crippen molar-refractivity contribution in [2.45, 2.75) is 37.9 Å². The lowest BCUT2D eigenvalue weighted by molar-refractivity contribution is -0.141. The topological polar surface area (TPSA) is 93.8 Å². The molecule has 1 aliphatic carbocycles. The molecule has 1 fully saturated rings. The highest BCUT2D eigenvalue weighted by Gasteiger charge is 2.35. The number of carbonyl (C=O) groups excluding carboxylic acids is 1. The van der Waals surface area contributed by atoms with E-state index in [1.807, 2.05) is 0 Å². The van der Waals surface area contributed by atoms with E-state index in [2.05, 4.69) is 20.3 Å². The quantitative estimate of drug-likeness (QED) is 0.869. The van der Waals surface area contributed by atoms with E-state index < -0.39 is 23.7 Å². The molecule has 2 unspecified atom stereocenters. The van der Waals surface area contributed by atoms with Gasteiger partial charge in [0.05, 0.1) is 5.92 Å². The Balaban J connectivity index is 1.96. The van der Waals surface area contributed by atoms with Gasteiger partial charge in [-0.3, -0.25) is 9.78 Å². The Morgan fingerprint density at radius 3 is 2.65 bits per heavy atom. The van der Waals surface area contributed by atoms with Gasteiger partial charge in [-0.1, -0.05) is 12.8 Å². The molecule has 3 N–H and O–H groups in total. The number of hydrogen-bond acceptors (Lipinski definition) is 5. The van der Waals surface area contributed by atoms with Gasteiger partial charge in [-0.15, -0.1) is 0 Å². The van der Waals surface area contributed by atoms with Crippen molar-refractivity contribution in [1.29, 1.82) is 0 Å². The molecule has 2 aromatic rings. The van der Waals surface area contributed by atoms with Crippen molar-refractivity contribution < 1.29 is 18.0 Å². The van der Waals surface area contributed by atoms with Crippen molar-refractivity contribution in [2.24, 2.45) is 11.7 Å². The van der Waals surface area contributed by atoms with Crippen LogP contribution in [0.4, 0.5) is 19.0 Å². The Morgan fingerprint density at radius 2 is 2.00 bits per heavy atom. The predicted molar refractivity (Wildman–Crippen MR) is 88.8 cm³/mol. The average molecular weight is 365 g/mol. The highest BCUT2D eigenvalue weighted by Crippen LogP contribution is 2.32. The largest absolute Gasteiger partial charge is 0.433 e. The second kappa shape index (κ2) is 7.27. The molecule has 0 bridgehead atoms. The predicted octanol–water partition coefficient (Wildman–Crippen LogP) is 3.01. The molecule has 0 aromatic carbocycles. The fraction of sp³-hybridized carbons (Fsp3) is 0.412. The van der Waals surface area contributed by atoms with E-state index in [1.165, 1.54) is 12.4 Å². The zero-order valence-corrected chi connectivity index (χ0v) is 13.8. The van der Waals surface area contributed by atoms with E-state index in [0.29, 0.717) is 18.4 Å². The van der Waals surface area contributed by atoms with Crippen LogP contribution in [-0.2, 0) is 11.0 Å². The van der Waals surface area contributed by atoms with Gasteiger partial charge in [-0.05, 0) is 25.0 Å². The summed E-state index contributed by atoms with van der Waals surface area (Å²) in [5.74, 6) is -0.958. The Hall–Kier alpha value is -2.71. The van der Waals surface area contributed by atoms with Crippen LogP contribution in [0.2, 0.25) is 0 Å². The fourth-order valence-electron chi connectivity index (χ4n) is 3.12. The molecule has 2 heterocycles. The van der Waals surface area contributed by atoms with E-state index in [4.69, 9.17) is 5.73 Å². The van der Waals surface area contributed by atoms with Gasteiger partial charge in [0.1, 0.15) is 5.82 Å². The molecule has 138 valence electrons. The number of nitrogens with one attached hydrogen (secondary N) is 1. The van der Waals surface area contributed by atoms with Gasteiger partial charge in [0, 0.05) is 30.1 Å². The summed E-state index contributed by atoms with van der Waals surface area (Å²) >= 11 is 0. The molecule has 0 saturated heterocycles. The molecule has 2 atom stereocenters. The van der Waals surface area contributed by atoms with Crippen LogP contribution < -0.4 is 11.1 Å². The van der Waals surface area contributed by atoms with E-state index in [-0.39, 0.29) is 17.7 Å². The molecule has 3 rings (SSSR count). The molecular weight excluding hydrogens is 347 g/mol. The van der Waals surface area contributed by atoms with Crippen LogP contribution in [0.25, 0.3) is 11.4 Å².